The number of nitrogens with zero attached hydrogens (tertiary/aromatic N) is 1. The van der Waals surface area contributed by atoms with Crippen molar-refractivity contribution in [1.82, 2.24) is 20.6 Å². The smallest absolute Gasteiger partial charge is 0.242 e. The summed E-state index contributed by atoms with van der Waals surface area (Å²) >= 11 is 0. The second-order valence-corrected chi connectivity index (χ2v) is 11.2. The Morgan fingerprint density at radius 1 is 0.659 bits per heavy atom. The largest absolute Gasteiger partial charge is 0.354 e. The molecule has 0 saturated heterocycles. The Kier molecular flexibility index (Phi) is 9.07. The van der Waals surface area contributed by atoms with Gasteiger partial charge in [-0.1, -0.05) is 115 Å². The Bertz CT molecular complexity index is 1760. The summed E-state index contributed by atoms with van der Waals surface area (Å²) in [4.78, 5) is 35.1. The van der Waals surface area contributed by atoms with Crippen LogP contribution in [0.4, 0.5) is 0 Å². The van der Waals surface area contributed by atoms with E-state index in [1.165, 1.54) is 0 Å². The molecule has 0 radical (unpaired) electrons. The molecule has 1 aromatic heterocycles. The van der Waals surface area contributed by atoms with Crippen molar-refractivity contribution in [1.29, 1.82) is 0 Å². The summed E-state index contributed by atoms with van der Waals surface area (Å²) < 4.78 is 0. The van der Waals surface area contributed by atoms with Crippen molar-refractivity contribution in [2.45, 2.75) is 31.7 Å². The molecule has 220 valence electrons. The molecular formula is C38H36N4O2. The maximum absolute atomic E-state index is 14.2. The lowest BCUT2D eigenvalue weighted by molar-refractivity contribution is -0.131. The molecule has 6 aromatic rings. The lowest BCUT2D eigenvalue weighted by Gasteiger charge is -2.23. The van der Waals surface area contributed by atoms with E-state index in [2.05, 4.69) is 69.1 Å². The normalized spacial score (nSPS) is 11.9. The fourth-order valence-corrected chi connectivity index (χ4v) is 5.94. The van der Waals surface area contributed by atoms with Crippen LogP contribution in [0.2, 0.25) is 0 Å². The van der Waals surface area contributed by atoms with Crippen LogP contribution in [0, 0.1) is 5.92 Å². The second-order valence-electron chi connectivity index (χ2n) is 11.2. The summed E-state index contributed by atoms with van der Waals surface area (Å²) in [6, 6.07) is 38.3. The number of imidazole rings is 1. The van der Waals surface area contributed by atoms with E-state index >= 15 is 0 Å². The third-order valence-corrected chi connectivity index (χ3v) is 8.22. The van der Waals surface area contributed by atoms with E-state index in [0.717, 1.165) is 38.2 Å². The molecule has 0 aliphatic carbocycles. The average Bonchev–Trinajstić information content (AvgIpc) is 3.58. The Balaban J connectivity index is 1.27. The van der Waals surface area contributed by atoms with Gasteiger partial charge in [-0.15, -0.1) is 0 Å². The summed E-state index contributed by atoms with van der Waals surface area (Å²) in [7, 11) is 0. The molecule has 5 aromatic carbocycles. The van der Waals surface area contributed by atoms with Crippen molar-refractivity contribution in [3.8, 4) is 0 Å². The minimum Gasteiger partial charge on any atom is -0.354 e. The predicted octanol–water partition coefficient (Wildman–Crippen LogP) is 6.20. The number of carbonyl (C=O) groups is 2. The van der Waals surface area contributed by atoms with Crippen molar-refractivity contribution in [3.63, 3.8) is 0 Å². The summed E-state index contributed by atoms with van der Waals surface area (Å²) in [5.74, 6) is -0.763. The van der Waals surface area contributed by atoms with Crippen LogP contribution in [-0.4, -0.2) is 34.4 Å². The molecule has 6 nitrogen and oxygen atoms in total. The van der Waals surface area contributed by atoms with Gasteiger partial charge in [0.2, 0.25) is 11.8 Å². The van der Waals surface area contributed by atoms with E-state index in [0.29, 0.717) is 37.9 Å². The van der Waals surface area contributed by atoms with Crippen LogP contribution in [0.5, 0.6) is 0 Å². The van der Waals surface area contributed by atoms with E-state index in [1.807, 2.05) is 66.7 Å². The van der Waals surface area contributed by atoms with E-state index < -0.39 is 12.0 Å². The van der Waals surface area contributed by atoms with Crippen LogP contribution in [0.15, 0.2) is 128 Å². The zero-order valence-electron chi connectivity index (χ0n) is 24.6. The van der Waals surface area contributed by atoms with E-state index in [-0.39, 0.29) is 11.8 Å². The summed E-state index contributed by atoms with van der Waals surface area (Å²) in [6.07, 6.45) is 5.44. The molecule has 44 heavy (non-hydrogen) atoms. The maximum atomic E-state index is 14.2. The number of fused-ring (bicyclic) bond motifs is 2. The Morgan fingerprint density at radius 2 is 1.25 bits per heavy atom. The van der Waals surface area contributed by atoms with Gasteiger partial charge in [0.05, 0.1) is 12.0 Å². The fourth-order valence-electron chi connectivity index (χ4n) is 5.94. The lowest BCUT2D eigenvalue weighted by atomic mass is 9.87. The molecule has 0 aliphatic rings. The summed E-state index contributed by atoms with van der Waals surface area (Å²) in [6.45, 7) is 0.477. The minimum absolute atomic E-state index is 0.149. The quantitative estimate of drug-likeness (QED) is 0.161. The van der Waals surface area contributed by atoms with Crippen molar-refractivity contribution in [2.24, 2.45) is 5.92 Å². The third-order valence-electron chi connectivity index (χ3n) is 8.22. The SMILES string of the molecule is O=C(NC(Cc1c[nH]cn1)C(=O)NCCc1ccccc1)C(Cc1cccc2ccccc12)Cc1cccc2ccccc12. The second kappa shape index (κ2) is 13.8. The fraction of sp³-hybridized carbons (Fsp3) is 0.184. The van der Waals surface area contributed by atoms with Crippen LogP contribution in [0.1, 0.15) is 22.4 Å². The highest BCUT2D eigenvalue weighted by molar-refractivity contribution is 5.91. The number of aromatic amines is 1. The van der Waals surface area contributed by atoms with Crippen LogP contribution >= 0.6 is 0 Å². The minimum atomic E-state index is -0.760. The molecule has 6 heteroatoms. The third kappa shape index (κ3) is 7.04. The number of H-pyrrole nitrogens is 1. The monoisotopic (exact) mass is 580 g/mol. The van der Waals surface area contributed by atoms with Crippen LogP contribution in [0.3, 0.4) is 0 Å². The zero-order chi connectivity index (χ0) is 30.1. The van der Waals surface area contributed by atoms with Gasteiger partial charge in [0, 0.05) is 25.1 Å². The molecule has 6 rings (SSSR count). The molecule has 2 amide bonds. The Hall–Kier alpha value is -5.23. The van der Waals surface area contributed by atoms with Crippen molar-refractivity contribution in [3.05, 3.63) is 150 Å². The van der Waals surface area contributed by atoms with Gasteiger partial charge >= 0.3 is 0 Å². The van der Waals surface area contributed by atoms with Gasteiger partial charge in [-0.25, -0.2) is 4.98 Å². The highest BCUT2D eigenvalue weighted by Gasteiger charge is 2.27. The van der Waals surface area contributed by atoms with Crippen molar-refractivity contribution < 1.29 is 9.59 Å². The van der Waals surface area contributed by atoms with E-state index in [4.69, 9.17) is 0 Å². The van der Waals surface area contributed by atoms with Crippen molar-refractivity contribution >= 4 is 33.4 Å². The first-order chi connectivity index (χ1) is 21.6. The number of rotatable bonds is 12. The molecular weight excluding hydrogens is 544 g/mol. The van der Waals surface area contributed by atoms with Gasteiger partial charge in [0.15, 0.2) is 0 Å². The van der Waals surface area contributed by atoms with Gasteiger partial charge < -0.3 is 15.6 Å². The Morgan fingerprint density at radius 3 is 1.86 bits per heavy atom. The average molecular weight is 581 g/mol. The summed E-state index contributed by atoms with van der Waals surface area (Å²) in [5.41, 5.74) is 4.08. The molecule has 0 aliphatic heterocycles. The Labute approximate surface area is 257 Å². The van der Waals surface area contributed by atoms with Crippen LogP contribution < -0.4 is 10.6 Å². The molecule has 0 bridgehead atoms. The number of benzene rings is 5. The number of nitrogens with one attached hydrogen (secondary N) is 3. The molecule has 0 spiro atoms. The maximum Gasteiger partial charge on any atom is 0.242 e. The number of amides is 2. The zero-order valence-corrected chi connectivity index (χ0v) is 24.6. The number of hydrogen-bond donors (Lipinski definition) is 3. The van der Waals surface area contributed by atoms with Gasteiger partial charge in [0.1, 0.15) is 6.04 Å². The molecule has 0 saturated carbocycles. The van der Waals surface area contributed by atoms with Crippen LogP contribution in [0.25, 0.3) is 21.5 Å². The predicted molar refractivity (Wildman–Crippen MR) is 176 cm³/mol. The molecule has 3 N–H and O–H groups in total. The topological polar surface area (TPSA) is 86.9 Å². The molecule has 0 fully saturated rings. The lowest BCUT2D eigenvalue weighted by Crippen LogP contribution is -2.50. The first-order valence-corrected chi connectivity index (χ1v) is 15.2. The molecule has 1 unspecified atom stereocenters. The van der Waals surface area contributed by atoms with Crippen LogP contribution in [-0.2, 0) is 35.3 Å². The number of aromatic nitrogens is 2. The van der Waals surface area contributed by atoms with Crippen molar-refractivity contribution in [2.75, 3.05) is 6.54 Å². The van der Waals surface area contributed by atoms with Gasteiger partial charge in [-0.05, 0) is 57.5 Å². The van der Waals surface area contributed by atoms with E-state index in [9.17, 15) is 9.59 Å². The van der Waals surface area contributed by atoms with Gasteiger partial charge in [-0.3, -0.25) is 9.59 Å². The van der Waals surface area contributed by atoms with Gasteiger partial charge in [0.25, 0.3) is 0 Å². The van der Waals surface area contributed by atoms with E-state index in [1.54, 1.807) is 12.5 Å². The standard InChI is InChI=1S/C38H36N4O2/c43-37(42-36(24-33-25-39-26-41-33)38(44)40-21-20-27-10-2-1-3-11-27)32(22-30-16-8-14-28-12-4-6-18-34(28)30)23-31-17-9-15-29-13-5-7-19-35(29)31/h1-19,25-26,32,36H,20-24H2,(H,39,41)(H,40,44)(H,42,43). The molecule has 1 atom stereocenters. The first-order valence-electron chi connectivity index (χ1n) is 15.2. The highest BCUT2D eigenvalue weighted by Crippen LogP contribution is 2.26. The molecule has 1 heterocycles. The summed E-state index contributed by atoms with van der Waals surface area (Å²) in [5, 5.41) is 10.7. The highest BCUT2D eigenvalue weighted by atomic mass is 16.2. The number of hydrogen-bond acceptors (Lipinski definition) is 3. The first kappa shape index (κ1) is 28.9. The number of carbonyl (C=O) groups excluding carboxylic acids is 2. The van der Waals surface area contributed by atoms with Gasteiger partial charge in [-0.2, -0.15) is 0 Å².